The molecule has 0 aliphatic rings. The highest BCUT2D eigenvalue weighted by Gasteiger charge is 2.17. The predicted octanol–water partition coefficient (Wildman–Crippen LogP) is 5.14. The molecule has 19 heavy (non-hydrogen) atoms. The summed E-state index contributed by atoms with van der Waals surface area (Å²) in [5.74, 6) is 0.0354. The van der Waals surface area contributed by atoms with Crippen LogP contribution in [0.2, 0.25) is 5.02 Å². The lowest BCUT2D eigenvalue weighted by atomic mass is 10.1. The van der Waals surface area contributed by atoms with Crippen molar-refractivity contribution in [2.75, 3.05) is 13.1 Å². The predicted molar refractivity (Wildman–Crippen MR) is 84.9 cm³/mol. The summed E-state index contributed by atoms with van der Waals surface area (Å²) >= 11 is 9.52. The van der Waals surface area contributed by atoms with Gasteiger partial charge in [-0.15, -0.1) is 0 Å². The van der Waals surface area contributed by atoms with E-state index in [1.807, 2.05) is 11.0 Å². The largest absolute Gasteiger partial charge is 0.339 e. The van der Waals surface area contributed by atoms with Gasteiger partial charge in [0.15, 0.2) is 0 Å². The van der Waals surface area contributed by atoms with Crippen molar-refractivity contribution in [3.05, 3.63) is 33.3 Å². The highest BCUT2D eigenvalue weighted by molar-refractivity contribution is 9.10. The first-order chi connectivity index (χ1) is 9.10. The topological polar surface area (TPSA) is 20.3 Å². The summed E-state index contributed by atoms with van der Waals surface area (Å²) in [6.07, 6.45) is 4.23. The molecule has 0 atom stereocenters. The van der Waals surface area contributed by atoms with Gasteiger partial charge in [-0.05, 0) is 31.0 Å². The normalized spacial score (nSPS) is 10.5. The summed E-state index contributed by atoms with van der Waals surface area (Å²) in [5.41, 5.74) is 0.586. The Morgan fingerprint density at radius 2 is 1.79 bits per heavy atom. The second kappa shape index (κ2) is 8.60. The minimum atomic E-state index is 0.0354. The van der Waals surface area contributed by atoms with Crippen molar-refractivity contribution < 1.29 is 4.79 Å². The Labute approximate surface area is 129 Å². The fraction of sp³-hybridized carbons (Fsp3) is 0.533. The standard InChI is InChI=1S/C15H21BrClNO/c1-3-5-9-18(10-6-4-2)15(19)13-11-12(16)7-8-14(13)17/h7-8,11H,3-6,9-10H2,1-2H3. The molecule has 0 aliphatic heterocycles. The lowest BCUT2D eigenvalue weighted by Gasteiger charge is -2.23. The minimum Gasteiger partial charge on any atom is -0.339 e. The summed E-state index contributed by atoms with van der Waals surface area (Å²) in [6.45, 7) is 5.87. The second-order valence-electron chi connectivity index (χ2n) is 4.62. The molecule has 0 unspecified atom stereocenters. The second-order valence-corrected chi connectivity index (χ2v) is 5.95. The molecule has 1 aromatic carbocycles. The van der Waals surface area contributed by atoms with E-state index in [2.05, 4.69) is 29.8 Å². The van der Waals surface area contributed by atoms with Crippen molar-refractivity contribution in [3.8, 4) is 0 Å². The average Bonchev–Trinajstić information content (AvgIpc) is 2.41. The van der Waals surface area contributed by atoms with E-state index in [4.69, 9.17) is 11.6 Å². The Kier molecular flexibility index (Phi) is 7.47. The van der Waals surface area contributed by atoms with E-state index >= 15 is 0 Å². The molecular weight excluding hydrogens is 326 g/mol. The highest BCUT2D eigenvalue weighted by atomic mass is 79.9. The molecule has 2 nitrogen and oxygen atoms in total. The van der Waals surface area contributed by atoms with Crippen molar-refractivity contribution in [2.24, 2.45) is 0 Å². The zero-order valence-electron chi connectivity index (χ0n) is 11.6. The number of unbranched alkanes of at least 4 members (excludes halogenated alkanes) is 2. The maximum atomic E-state index is 12.6. The molecular formula is C15H21BrClNO. The van der Waals surface area contributed by atoms with E-state index in [0.29, 0.717) is 10.6 Å². The van der Waals surface area contributed by atoms with Gasteiger partial charge >= 0.3 is 0 Å². The molecule has 4 heteroatoms. The fourth-order valence-corrected chi connectivity index (χ4v) is 2.40. The molecule has 0 N–H and O–H groups in total. The number of nitrogens with zero attached hydrogens (tertiary/aromatic N) is 1. The maximum absolute atomic E-state index is 12.6. The van der Waals surface area contributed by atoms with Crippen molar-refractivity contribution in [3.63, 3.8) is 0 Å². The number of benzene rings is 1. The molecule has 1 aromatic rings. The quantitative estimate of drug-likeness (QED) is 0.669. The Morgan fingerprint density at radius 1 is 1.21 bits per heavy atom. The van der Waals surface area contributed by atoms with Gasteiger partial charge in [-0.25, -0.2) is 0 Å². The lowest BCUT2D eigenvalue weighted by molar-refractivity contribution is 0.0751. The molecule has 1 rings (SSSR count). The van der Waals surface area contributed by atoms with Crippen LogP contribution in [-0.4, -0.2) is 23.9 Å². The van der Waals surface area contributed by atoms with E-state index in [0.717, 1.165) is 43.2 Å². The SMILES string of the molecule is CCCCN(CCCC)C(=O)c1cc(Br)ccc1Cl. The summed E-state index contributed by atoms with van der Waals surface area (Å²) < 4.78 is 0.881. The van der Waals surface area contributed by atoms with Gasteiger partial charge in [0.25, 0.3) is 5.91 Å². The van der Waals surface area contributed by atoms with Crippen LogP contribution in [0.15, 0.2) is 22.7 Å². The molecule has 0 spiro atoms. The smallest absolute Gasteiger partial charge is 0.255 e. The van der Waals surface area contributed by atoms with Crippen LogP contribution >= 0.6 is 27.5 Å². The van der Waals surface area contributed by atoms with Crippen LogP contribution in [0.25, 0.3) is 0 Å². The molecule has 0 aromatic heterocycles. The first-order valence-electron chi connectivity index (χ1n) is 6.84. The monoisotopic (exact) mass is 345 g/mol. The first kappa shape index (κ1) is 16.5. The van der Waals surface area contributed by atoms with E-state index < -0.39 is 0 Å². The summed E-state index contributed by atoms with van der Waals surface area (Å²) in [4.78, 5) is 14.5. The van der Waals surface area contributed by atoms with Crippen LogP contribution in [0.4, 0.5) is 0 Å². The van der Waals surface area contributed by atoms with Crippen molar-refractivity contribution in [1.82, 2.24) is 4.90 Å². The van der Waals surface area contributed by atoms with Gasteiger partial charge in [-0.1, -0.05) is 54.2 Å². The summed E-state index contributed by atoms with van der Waals surface area (Å²) in [7, 11) is 0. The number of carbonyl (C=O) groups excluding carboxylic acids is 1. The van der Waals surface area contributed by atoms with Crippen molar-refractivity contribution in [1.29, 1.82) is 0 Å². The Balaban J connectivity index is 2.87. The van der Waals surface area contributed by atoms with Gasteiger partial charge in [0, 0.05) is 17.6 Å². The van der Waals surface area contributed by atoms with Crippen LogP contribution in [0.5, 0.6) is 0 Å². The maximum Gasteiger partial charge on any atom is 0.255 e. The van der Waals surface area contributed by atoms with Crippen LogP contribution in [0, 0.1) is 0 Å². The van der Waals surface area contributed by atoms with Crippen LogP contribution < -0.4 is 0 Å². The summed E-state index contributed by atoms with van der Waals surface area (Å²) in [5, 5.41) is 0.520. The van der Waals surface area contributed by atoms with Crippen LogP contribution in [0.1, 0.15) is 49.9 Å². The van der Waals surface area contributed by atoms with Crippen molar-refractivity contribution in [2.45, 2.75) is 39.5 Å². The molecule has 0 bridgehead atoms. The van der Waals surface area contributed by atoms with E-state index in [-0.39, 0.29) is 5.91 Å². The van der Waals surface area contributed by atoms with Gasteiger partial charge in [-0.3, -0.25) is 4.79 Å². The Bertz CT molecular complexity index is 415. The minimum absolute atomic E-state index is 0.0354. The molecule has 0 heterocycles. The average molecular weight is 347 g/mol. The van der Waals surface area contributed by atoms with E-state index in [1.54, 1.807) is 12.1 Å². The molecule has 1 amide bonds. The number of hydrogen-bond donors (Lipinski definition) is 0. The molecule has 0 radical (unpaired) electrons. The first-order valence-corrected chi connectivity index (χ1v) is 8.01. The van der Waals surface area contributed by atoms with Gasteiger partial charge in [0.2, 0.25) is 0 Å². The van der Waals surface area contributed by atoms with Gasteiger partial charge in [0.1, 0.15) is 0 Å². The number of rotatable bonds is 7. The molecule has 0 fully saturated rings. The Hall–Kier alpha value is -0.540. The third-order valence-corrected chi connectivity index (χ3v) is 3.83. The lowest BCUT2D eigenvalue weighted by Crippen LogP contribution is -2.33. The summed E-state index contributed by atoms with van der Waals surface area (Å²) in [6, 6.07) is 5.41. The fourth-order valence-electron chi connectivity index (χ4n) is 1.84. The van der Waals surface area contributed by atoms with Gasteiger partial charge in [0.05, 0.1) is 10.6 Å². The third-order valence-electron chi connectivity index (χ3n) is 3.01. The van der Waals surface area contributed by atoms with Gasteiger partial charge in [-0.2, -0.15) is 0 Å². The zero-order valence-corrected chi connectivity index (χ0v) is 13.9. The van der Waals surface area contributed by atoms with Crippen molar-refractivity contribution >= 4 is 33.4 Å². The number of amides is 1. The van der Waals surface area contributed by atoms with E-state index in [9.17, 15) is 4.79 Å². The molecule has 0 aliphatic carbocycles. The van der Waals surface area contributed by atoms with Crippen LogP contribution in [0.3, 0.4) is 0 Å². The van der Waals surface area contributed by atoms with E-state index in [1.165, 1.54) is 0 Å². The number of halogens is 2. The molecule has 0 saturated carbocycles. The zero-order chi connectivity index (χ0) is 14.3. The third kappa shape index (κ3) is 5.15. The number of hydrogen-bond acceptors (Lipinski definition) is 1. The molecule has 106 valence electrons. The van der Waals surface area contributed by atoms with Gasteiger partial charge < -0.3 is 4.90 Å². The highest BCUT2D eigenvalue weighted by Crippen LogP contribution is 2.22. The van der Waals surface area contributed by atoms with Crippen LogP contribution in [-0.2, 0) is 0 Å². The Morgan fingerprint density at radius 3 is 2.32 bits per heavy atom. The molecule has 0 saturated heterocycles. The number of carbonyl (C=O) groups is 1.